The number of benzene rings is 10. The zero-order valence-electron chi connectivity index (χ0n) is 50.8. The summed E-state index contributed by atoms with van der Waals surface area (Å²) in [5, 5.41) is 10.2. The number of aromatic nitrogens is 2. The van der Waals surface area contributed by atoms with Crippen LogP contribution in [0.1, 0.15) is 152 Å². The van der Waals surface area contributed by atoms with E-state index in [4.69, 9.17) is 4.98 Å². The maximum atomic E-state index is 15.6. The Morgan fingerprint density at radius 3 is 1.23 bits per heavy atom. The van der Waals surface area contributed by atoms with Crippen LogP contribution in [0.25, 0.3) is 115 Å². The van der Waals surface area contributed by atoms with E-state index in [1.165, 1.54) is 27.2 Å². The van der Waals surface area contributed by atoms with Crippen LogP contribution in [0.3, 0.4) is 0 Å². The standard InChI is InChI=1S/C78H73N3O3/c1-14-15-38-81-73(83)60-42-56(46-24-33-51(34-25-46)77(8,9)10)68-66-54(44-20-29-49(30-21-44)75(2,3)4)40-58-63(39-53-37-28-48-18-16-17-19-62(48)79-53)80-72(82)59-41-55(45-22-31-50(32-23-45)76(5,6)7)67(70(66)64(58)59)69-57(43-61(74(81)84)65(60)71(68)69)47-26-35-52(36-27-47)78(11,12)13/h16-37,39-43H,14-15,38H2,1-13H3,(H,80,82)/b63-39-. The number of imide groups is 1. The summed E-state index contributed by atoms with van der Waals surface area (Å²) in [5.41, 5.74) is 14.2. The van der Waals surface area contributed by atoms with Gasteiger partial charge in [-0.3, -0.25) is 19.3 Å². The largest absolute Gasteiger partial charge is 0.321 e. The molecule has 12 aromatic rings. The van der Waals surface area contributed by atoms with Gasteiger partial charge in [0.25, 0.3) is 17.4 Å². The van der Waals surface area contributed by atoms with E-state index in [2.05, 4.69) is 228 Å². The summed E-state index contributed by atoms with van der Waals surface area (Å²) in [4.78, 5) is 56.9. The van der Waals surface area contributed by atoms with Gasteiger partial charge in [0.1, 0.15) is 0 Å². The van der Waals surface area contributed by atoms with E-state index in [-0.39, 0.29) is 39.0 Å². The SMILES string of the molecule is CCCCN1C(=O)c2cc(-c3ccc(C(C)(C)C)cc3)c3c4c(-c5ccc(C(C)(C)C)cc5)cc5c(=O)[nH]/c(=C\c6ccc7ccccc7n6)c6cc(-c7ccc(C(C)(C)C)cc7)c(c7c(-c8ccc(C(C)(C)C)cc8)cc(c2c37)C1=O)c4c56. The maximum Gasteiger partial charge on any atom is 0.261 e. The molecule has 0 atom stereocenters. The van der Waals surface area contributed by atoms with Crippen molar-refractivity contribution in [1.29, 1.82) is 0 Å². The number of amides is 2. The number of hydrogen-bond donors (Lipinski definition) is 1. The predicted octanol–water partition coefficient (Wildman–Crippen LogP) is 18.9. The number of unbranched alkanes of at least 4 members (excludes halogenated alkanes) is 1. The number of para-hydroxylation sites is 1. The number of nitrogens with zero attached hydrogens (tertiary/aromatic N) is 2. The van der Waals surface area contributed by atoms with Crippen molar-refractivity contribution >= 4 is 82.7 Å². The van der Waals surface area contributed by atoms with Gasteiger partial charge in [-0.25, -0.2) is 4.98 Å². The highest BCUT2D eigenvalue weighted by molar-refractivity contribution is 6.47. The summed E-state index contributed by atoms with van der Waals surface area (Å²) >= 11 is 0. The van der Waals surface area contributed by atoms with Crippen molar-refractivity contribution in [2.45, 2.75) is 125 Å². The smallest absolute Gasteiger partial charge is 0.261 e. The number of pyridine rings is 2. The van der Waals surface area contributed by atoms with Gasteiger partial charge in [-0.1, -0.05) is 218 Å². The van der Waals surface area contributed by atoms with Crippen molar-refractivity contribution in [3.8, 4) is 44.5 Å². The minimum Gasteiger partial charge on any atom is -0.321 e. The second kappa shape index (κ2) is 19.4. The van der Waals surface area contributed by atoms with Crippen molar-refractivity contribution in [3.05, 3.63) is 213 Å². The number of fused-ring (bicyclic) bond motifs is 3. The molecule has 0 saturated heterocycles. The molecule has 0 saturated carbocycles. The van der Waals surface area contributed by atoms with Crippen molar-refractivity contribution in [2.75, 3.05) is 6.54 Å². The number of hydrogen-bond acceptors (Lipinski definition) is 4. The lowest BCUT2D eigenvalue weighted by Crippen LogP contribution is -2.41. The molecule has 84 heavy (non-hydrogen) atoms. The molecule has 1 N–H and O–H groups in total. The highest BCUT2D eigenvalue weighted by atomic mass is 16.2. The molecule has 2 aromatic heterocycles. The lowest BCUT2D eigenvalue weighted by Gasteiger charge is -2.32. The molecule has 0 bridgehead atoms. The highest BCUT2D eigenvalue weighted by Crippen LogP contribution is 2.56. The molecule has 10 aromatic carbocycles. The maximum absolute atomic E-state index is 15.6. The Hall–Kier alpha value is -8.74. The third-order valence-electron chi connectivity index (χ3n) is 17.9. The Bertz CT molecular complexity index is 4670. The molecule has 1 aliphatic rings. The number of rotatable bonds is 8. The van der Waals surface area contributed by atoms with Crippen molar-refractivity contribution in [1.82, 2.24) is 14.9 Å². The van der Waals surface area contributed by atoms with E-state index in [9.17, 15) is 0 Å². The number of H-pyrrole nitrogens is 1. The molecule has 0 spiro atoms. The van der Waals surface area contributed by atoms with Crippen LogP contribution in [-0.4, -0.2) is 33.2 Å². The Balaban J connectivity index is 1.34. The lowest BCUT2D eigenvalue weighted by atomic mass is 9.75. The van der Waals surface area contributed by atoms with Crippen LogP contribution in [0, 0.1) is 0 Å². The second-order valence-electron chi connectivity index (χ2n) is 27.8. The zero-order chi connectivity index (χ0) is 59.1. The van der Waals surface area contributed by atoms with Crippen LogP contribution in [0.5, 0.6) is 0 Å². The topological polar surface area (TPSA) is 83.1 Å². The molecular weight excluding hydrogens is 1030 g/mol. The van der Waals surface area contributed by atoms with E-state index in [1.807, 2.05) is 30.3 Å². The molecule has 6 nitrogen and oxygen atoms in total. The van der Waals surface area contributed by atoms with E-state index >= 15 is 14.4 Å². The second-order valence-corrected chi connectivity index (χ2v) is 27.8. The van der Waals surface area contributed by atoms with Gasteiger partial charge in [-0.15, -0.1) is 0 Å². The van der Waals surface area contributed by atoms with Crippen LogP contribution >= 0.6 is 0 Å². The van der Waals surface area contributed by atoms with Gasteiger partial charge in [-0.2, -0.15) is 0 Å². The van der Waals surface area contributed by atoms with Gasteiger partial charge < -0.3 is 4.98 Å². The fraction of sp³-hybridized carbons (Fsp3) is 0.256. The molecule has 0 radical (unpaired) electrons. The Kier molecular flexibility index (Phi) is 12.6. The summed E-state index contributed by atoms with van der Waals surface area (Å²) in [7, 11) is 0. The van der Waals surface area contributed by atoms with Crippen LogP contribution in [0.4, 0.5) is 0 Å². The monoisotopic (exact) mass is 1100 g/mol. The summed E-state index contributed by atoms with van der Waals surface area (Å²) in [6.45, 7) is 29.2. The summed E-state index contributed by atoms with van der Waals surface area (Å²) in [6, 6.07) is 56.3. The number of nitrogens with one attached hydrogen (secondary N) is 1. The molecule has 0 unspecified atom stereocenters. The Labute approximate surface area is 492 Å². The van der Waals surface area contributed by atoms with E-state index in [0.29, 0.717) is 40.2 Å². The van der Waals surface area contributed by atoms with Gasteiger partial charge in [0.2, 0.25) is 0 Å². The Morgan fingerprint density at radius 1 is 0.417 bits per heavy atom. The molecule has 0 aliphatic carbocycles. The zero-order valence-corrected chi connectivity index (χ0v) is 50.8. The van der Waals surface area contributed by atoms with Crippen molar-refractivity contribution < 1.29 is 9.59 Å². The number of aromatic amines is 1. The fourth-order valence-electron chi connectivity index (χ4n) is 13.1. The Morgan fingerprint density at radius 2 is 0.810 bits per heavy atom. The molecule has 2 amide bonds. The quantitative estimate of drug-likeness (QED) is 0.0934. The first kappa shape index (κ1) is 54.5. The molecule has 1 aliphatic heterocycles. The van der Waals surface area contributed by atoms with Gasteiger partial charge in [0.05, 0.1) is 16.6 Å². The lowest BCUT2D eigenvalue weighted by molar-refractivity contribution is 0.0608. The number of carbonyl (C=O) groups excluding carboxylic acids is 2. The fourth-order valence-corrected chi connectivity index (χ4v) is 13.1. The summed E-state index contributed by atoms with van der Waals surface area (Å²) in [6.07, 6.45) is 3.53. The minimum atomic E-state index is -0.283. The number of carbonyl (C=O) groups is 2. The van der Waals surface area contributed by atoms with Crippen LogP contribution in [0.15, 0.2) is 163 Å². The van der Waals surface area contributed by atoms with Crippen LogP contribution in [0.2, 0.25) is 0 Å². The molecular formula is C78H73N3O3. The van der Waals surface area contributed by atoms with Gasteiger partial charge in [-0.05, 0) is 159 Å². The summed E-state index contributed by atoms with van der Waals surface area (Å²) in [5.74, 6) is -0.567. The first-order chi connectivity index (χ1) is 39.9. The van der Waals surface area contributed by atoms with Gasteiger partial charge in [0, 0.05) is 55.4 Å². The van der Waals surface area contributed by atoms with Crippen LogP contribution in [-0.2, 0) is 21.7 Å². The predicted molar refractivity (Wildman–Crippen MR) is 353 cm³/mol. The third kappa shape index (κ3) is 8.90. The molecule has 418 valence electrons. The van der Waals surface area contributed by atoms with Crippen molar-refractivity contribution in [3.63, 3.8) is 0 Å². The van der Waals surface area contributed by atoms with E-state index in [1.54, 1.807) is 0 Å². The van der Waals surface area contributed by atoms with Crippen molar-refractivity contribution in [2.24, 2.45) is 0 Å². The molecule has 6 heteroatoms. The average molecular weight is 1100 g/mol. The average Bonchev–Trinajstić information content (AvgIpc) is 1.35. The van der Waals surface area contributed by atoms with E-state index < -0.39 is 0 Å². The first-order valence-electron chi connectivity index (χ1n) is 29.9. The molecule has 0 fully saturated rings. The van der Waals surface area contributed by atoms with E-state index in [0.717, 1.165) is 111 Å². The first-order valence-corrected chi connectivity index (χ1v) is 29.9. The normalized spacial score (nSPS) is 13.8. The highest BCUT2D eigenvalue weighted by Gasteiger charge is 2.38. The summed E-state index contributed by atoms with van der Waals surface area (Å²) < 4.78 is 0. The minimum absolute atomic E-state index is 0.113. The van der Waals surface area contributed by atoms with Gasteiger partial charge >= 0.3 is 0 Å². The molecule has 13 rings (SSSR count). The molecule has 3 heterocycles. The van der Waals surface area contributed by atoms with Crippen LogP contribution < -0.4 is 10.9 Å². The third-order valence-corrected chi connectivity index (χ3v) is 17.9. The van der Waals surface area contributed by atoms with Gasteiger partial charge in [0.15, 0.2) is 0 Å².